The Morgan fingerprint density at radius 3 is 1.77 bits per heavy atom. The molecule has 1 fully saturated rings. The molecule has 1 saturated heterocycles. The Bertz CT molecular complexity index is 854. The van der Waals surface area contributed by atoms with Gasteiger partial charge in [0.05, 0.1) is 17.8 Å². The van der Waals surface area contributed by atoms with Crippen molar-refractivity contribution in [1.82, 2.24) is 0 Å². The van der Waals surface area contributed by atoms with Crippen LogP contribution in [0.25, 0.3) is 0 Å². The fraction of sp³-hybridized carbons (Fsp3) is 0.375. The third-order valence-electron chi connectivity index (χ3n) is 6.31. The Balaban J connectivity index is 2.18. The number of esters is 1. The molecule has 0 amide bonds. The second-order valence-electron chi connectivity index (χ2n) is 8.78. The Morgan fingerprint density at radius 1 is 0.933 bits per heavy atom. The van der Waals surface area contributed by atoms with Crippen LogP contribution in [0.2, 0.25) is 6.55 Å². The topological polar surface area (TPSA) is 44.8 Å². The van der Waals surface area contributed by atoms with Gasteiger partial charge in [-0.15, -0.1) is 0 Å². The van der Waals surface area contributed by atoms with E-state index in [0.717, 1.165) is 10.4 Å². The maximum absolute atomic E-state index is 13.3. The first-order valence-corrected chi connectivity index (χ1v) is 13.0. The number of hydrogen-bond donors (Lipinski definition) is 0. The first kappa shape index (κ1) is 22.5. The van der Waals surface area contributed by atoms with Crippen LogP contribution in [-0.4, -0.2) is 39.0 Å². The number of carbonyl (C=O) groups excluding carboxylic acids is 1. The average molecular weight is 422 g/mol. The number of benzene rings is 2. The molecular formula is C24H31BO4Si. The molecule has 2 aromatic carbocycles. The van der Waals surface area contributed by atoms with E-state index in [-0.39, 0.29) is 5.97 Å². The molecule has 158 valence electrons. The van der Waals surface area contributed by atoms with Crippen LogP contribution in [0.4, 0.5) is 0 Å². The molecular weight excluding hydrogens is 391 g/mol. The van der Waals surface area contributed by atoms with Crippen molar-refractivity contribution in [3.63, 3.8) is 0 Å². The number of rotatable bonds is 6. The monoisotopic (exact) mass is 422 g/mol. The van der Waals surface area contributed by atoms with Crippen LogP contribution in [0.5, 0.6) is 0 Å². The molecule has 0 spiro atoms. The summed E-state index contributed by atoms with van der Waals surface area (Å²) in [6, 6.07) is 20.4. The lowest BCUT2D eigenvalue weighted by atomic mass is 9.90. The van der Waals surface area contributed by atoms with E-state index < -0.39 is 26.4 Å². The summed E-state index contributed by atoms with van der Waals surface area (Å²) >= 11 is 0. The highest BCUT2D eigenvalue weighted by molar-refractivity contribution is 7.09. The van der Waals surface area contributed by atoms with Crippen molar-refractivity contribution in [3.05, 3.63) is 71.8 Å². The molecule has 1 aliphatic heterocycles. The number of ether oxygens (including phenoxy) is 1. The molecule has 3 rings (SSSR count). The van der Waals surface area contributed by atoms with Gasteiger partial charge in [0.25, 0.3) is 0 Å². The van der Waals surface area contributed by atoms with Gasteiger partial charge < -0.3 is 14.0 Å². The predicted octanol–water partition coefficient (Wildman–Crippen LogP) is 3.54. The Hall–Kier alpha value is -2.15. The van der Waals surface area contributed by atoms with Gasteiger partial charge in [0, 0.05) is 5.20 Å². The van der Waals surface area contributed by atoms with Gasteiger partial charge in [0.1, 0.15) is 0 Å². The second-order valence-corrected chi connectivity index (χ2v) is 12.7. The minimum absolute atomic E-state index is 0.311. The van der Waals surface area contributed by atoms with E-state index in [1.54, 1.807) is 0 Å². The smallest absolute Gasteiger partial charge is 0.463 e. The minimum atomic E-state index is -2.67. The molecule has 0 saturated carbocycles. The van der Waals surface area contributed by atoms with E-state index >= 15 is 0 Å². The zero-order chi connectivity index (χ0) is 22.0. The first-order chi connectivity index (χ1) is 14.1. The molecule has 0 aromatic heterocycles. The predicted molar refractivity (Wildman–Crippen MR) is 125 cm³/mol. The van der Waals surface area contributed by atoms with Crippen molar-refractivity contribution in [2.75, 3.05) is 6.61 Å². The highest BCUT2D eigenvalue weighted by Gasteiger charge is 2.52. The van der Waals surface area contributed by atoms with Crippen LogP contribution in [0.15, 0.2) is 71.8 Å². The molecule has 30 heavy (non-hydrogen) atoms. The Morgan fingerprint density at radius 2 is 1.37 bits per heavy atom. The van der Waals surface area contributed by atoms with Gasteiger partial charge >= 0.3 is 13.1 Å². The summed E-state index contributed by atoms with van der Waals surface area (Å²) in [6.45, 7) is 12.4. The van der Waals surface area contributed by atoms with Crippen molar-refractivity contribution >= 4 is 31.5 Å². The molecule has 2 aromatic rings. The normalized spacial score (nSPS) is 18.3. The van der Waals surface area contributed by atoms with Crippen molar-refractivity contribution in [3.8, 4) is 0 Å². The quantitative estimate of drug-likeness (QED) is 0.406. The molecule has 4 nitrogen and oxygen atoms in total. The second kappa shape index (κ2) is 8.54. The van der Waals surface area contributed by atoms with Gasteiger partial charge in [-0.25, -0.2) is 4.79 Å². The standard InChI is InChI=1S/C24H31BO4Si/c1-7-27-22(26)21(18-25-28-23(2,3)24(4,5)29-25)30(6,19-14-10-8-11-15-19)20-16-12-9-13-17-20/h8-18H,7H2,1-6H3/b21-18-. The van der Waals surface area contributed by atoms with Gasteiger partial charge in [0.15, 0.2) is 8.07 Å². The van der Waals surface area contributed by atoms with Crippen molar-refractivity contribution in [1.29, 1.82) is 0 Å². The van der Waals surface area contributed by atoms with E-state index in [9.17, 15) is 4.79 Å². The lowest BCUT2D eigenvalue weighted by Gasteiger charge is -2.32. The van der Waals surface area contributed by atoms with E-state index in [0.29, 0.717) is 11.8 Å². The first-order valence-electron chi connectivity index (χ1n) is 10.5. The Labute approximate surface area is 181 Å². The maximum atomic E-state index is 13.3. The zero-order valence-corrected chi connectivity index (χ0v) is 19.8. The summed E-state index contributed by atoms with van der Waals surface area (Å²) in [5.74, 6) is 1.54. The largest absolute Gasteiger partial charge is 0.487 e. The molecule has 6 heteroatoms. The molecule has 0 atom stereocenters. The highest BCUT2D eigenvalue weighted by Crippen LogP contribution is 2.37. The molecule has 0 aliphatic carbocycles. The van der Waals surface area contributed by atoms with Crippen LogP contribution in [0.1, 0.15) is 34.6 Å². The van der Waals surface area contributed by atoms with Crippen LogP contribution in [0, 0.1) is 0 Å². The van der Waals surface area contributed by atoms with E-state index in [4.69, 9.17) is 14.0 Å². The SMILES string of the molecule is CCOC(=O)/C(=C/B1OC(C)(C)C(C)(C)O1)[Si](C)(c1ccccc1)c1ccccc1. The average Bonchev–Trinajstić information content (AvgIpc) is 2.93. The Kier molecular flexibility index (Phi) is 6.41. The van der Waals surface area contributed by atoms with Crippen molar-refractivity contribution < 1.29 is 18.8 Å². The minimum Gasteiger partial charge on any atom is -0.463 e. The van der Waals surface area contributed by atoms with E-state index in [2.05, 4.69) is 30.8 Å². The van der Waals surface area contributed by atoms with Crippen LogP contribution in [0.3, 0.4) is 0 Å². The molecule has 1 heterocycles. The molecule has 1 aliphatic rings. The third kappa shape index (κ3) is 4.17. The maximum Gasteiger partial charge on any atom is 0.487 e. The fourth-order valence-corrected chi connectivity index (χ4v) is 7.38. The van der Waals surface area contributed by atoms with Crippen molar-refractivity contribution in [2.24, 2.45) is 0 Å². The lowest BCUT2D eigenvalue weighted by Crippen LogP contribution is -2.59. The number of carbonyl (C=O) groups is 1. The summed E-state index contributed by atoms with van der Waals surface area (Å²) in [7, 11) is -3.28. The number of hydrogen-bond acceptors (Lipinski definition) is 4. The lowest BCUT2D eigenvalue weighted by molar-refractivity contribution is -0.137. The van der Waals surface area contributed by atoms with Gasteiger partial charge in [-0.2, -0.15) is 0 Å². The summed E-state index contributed by atoms with van der Waals surface area (Å²) in [5.41, 5.74) is -0.962. The molecule has 0 unspecified atom stereocenters. The summed E-state index contributed by atoms with van der Waals surface area (Å²) in [6.07, 6.45) is 0. The van der Waals surface area contributed by atoms with Crippen LogP contribution < -0.4 is 10.4 Å². The van der Waals surface area contributed by atoms with Gasteiger partial charge in [-0.1, -0.05) is 67.2 Å². The van der Waals surface area contributed by atoms with Crippen LogP contribution >= 0.6 is 0 Å². The van der Waals surface area contributed by atoms with Gasteiger partial charge in [-0.3, -0.25) is 0 Å². The molecule has 0 radical (unpaired) electrons. The highest BCUT2D eigenvalue weighted by atomic mass is 28.3. The van der Waals surface area contributed by atoms with Gasteiger partial charge in [0.2, 0.25) is 0 Å². The molecule has 0 N–H and O–H groups in total. The van der Waals surface area contributed by atoms with Crippen molar-refractivity contribution in [2.45, 2.75) is 52.4 Å². The fourth-order valence-electron chi connectivity index (χ4n) is 3.76. The van der Waals surface area contributed by atoms with E-state index in [1.165, 1.54) is 0 Å². The summed E-state index contributed by atoms with van der Waals surface area (Å²) in [5, 5.41) is 2.90. The van der Waals surface area contributed by atoms with E-state index in [1.807, 2.05) is 77.0 Å². The van der Waals surface area contributed by atoms with Gasteiger partial charge in [-0.05, 0) is 51.0 Å². The third-order valence-corrected chi connectivity index (χ3v) is 10.7. The summed E-state index contributed by atoms with van der Waals surface area (Å²) in [4.78, 5) is 13.3. The molecule has 0 bridgehead atoms. The zero-order valence-electron chi connectivity index (χ0n) is 18.8. The van der Waals surface area contributed by atoms with Crippen LogP contribution in [-0.2, 0) is 18.8 Å². The summed E-state index contributed by atoms with van der Waals surface area (Å²) < 4.78 is 17.9.